The molecule has 29 heavy (non-hydrogen) atoms. The summed E-state index contributed by atoms with van der Waals surface area (Å²) < 4.78 is 57.3. The lowest BCUT2D eigenvalue weighted by Crippen LogP contribution is -2.22. The lowest BCUT2D eigenvalue weighted by atomic mass is 10.1. The molecule has 1 aromatic carbocycles. The summed E-state index contributed by atoms with van der Waals surface area (Å²) in [4.78, 5) is 21.7. The first-order valence-corrected chi connectivity index (χ1v) is 8.99. The summed E-state index contributed by atoms with van der Waals surface area (Å²) in [6.07, 6.45) is -0.133. The maximum Gasteiger partial charge on any atom is 0.419 e. The maximum atomic E-state index is 14.4. The minimum absolute atomic E-state index is 0.0327. The zero-order chi connectivity index (χ0) is 20.5. The van der Waals surface area contributed by atoms with Crippen LogP contribution >= 0.6 is 0 Å². The monoisotopic (exact) mass is 402 g/mol. The fraction of sp³-hybridized carbons (Fsp3) is 0.250. The standard InChI is InChI=1S/C20H14F4N4O/c1-27-9-26-17-18(27)11-7-13(21)12(20(22,23)24)8-15(11)28(19(17)29)14-3-2-6-25-16(14)10-4-5-10/h2-3,6-10H,4-5H2,1H3. The number of fused-ring (bicyclic) bond motifs is 3. The molecule has 0 saturated heterocycles. The summed E-state index contributed by atoms with van der Waals surface area (Å²) in [6.45, 7) is 0. The Kier molecular flexibility index (Phi) is 3.62. The van der Waals surface area contributed by atoms with E-state index in [4.69, 9.17) is 0 Å². The van der Waals surface area contributed by atoms with Crippen molar-refractivity contribution in [3.63, 3.8) is 0 Å². The molecule has 4 aromatic rings. The number of rotatable bonds is 2. The number of hydrogen-bond donors (Lipinski definition) is 0. The number of halogens is 4. The zero-order valence-electron chi connectivity index (χ0n) is 15.2. The van der Waals surface area contributed by atoms with E-state index in [0.717, 1.165) is 18.9 Å². The molecule has 1 saturated carbocycles. The van der Waals surface area contributed by atoms with Gasteiger partial charge in [0.2, 0.25) is 0 Å². The molecule has 1 aliphatic carbocycles. The average Bonchev–Trinajstić information content (AvgIpc) is 3.43. The highest BCUT2D eigenvalue weighted by Crippen LogP contribution is 2.42. The summed E-state index contributed by atoms with van der Waals surface area (Å²) in [5.74, 6) is -1.25. The normalized spacial score (nSPS) is 14.8. The minimum Gasteiger partial charge on any atom is -0.333 e. The minimum atomic E-state index is -4.89. The number of imidazole rings is 1. The highest BCUT2D eigenvalue weighted by molar-refractivity contribution is 6.03. The van der Waals surface area contributed by atoms with Gasteiger partial charge in [-0.25, -0.2) is 9.37 Å². The van der Waals surface area contributed by atoms with Crippen molar-refractivity contribution in [3.05, 3.63) is 64.2 Å². The van der Waals surface area contributed by atoms with Crippen LogP contribution < -0.4 is 5.56 Å². The lowest BCUT2D eigenvalue weighted by Gasteiger charge is -2.17. The SMILES string of the molecule is Cn1cnc2c(=O)n(-c3cccnc3C3CC3)c3cc(C(F)(F)F)c(F)cc3c21. The van der Waals surface area contributed by atoms with Gasteiger partial charge < -0.3 is 4.57 Å². The smallest absolute Gasteiger partial charge is 0.333 e. The molecular weight excluding hydrogens is 388 g/mol. The topological polar surface area (TPSA) is 52.7 Å². The van der Waals surface area contributed by atoms with Gasteiger partial charge in [-0.15, -0.1) is 0 Å². The van der Waals surface area contributed by atoms with E-state index in [0.29, 0.717) is 17.4 Å². The molecule has 0 N–H and O–H groups in total. The lowest BCUT2D eigenvalue weighted by molar-refractivity contribution is -0.139. The molecule has 148 valence electrons. The Balaban J connectivity index is 2.00. The molecule has 0 unspecified atom stereocenters. The van der Waals surface area contributed by atoms with Gasteiger partial charge >= 0.3 is 6.18 Å². The van der Waals surface area contributed by atoms with E-state index in [1.165, 1.54) is 15.5 Å². The van der Waals surface area contributed by atoms with Crippen LogP contribution in [-0.4, -0.2) is 19.1 Å². The van der Waals surface area contributed by atoms with Crippen molar-refractivity contribution in [2.45, 2.75) is 24.9 Å². The summed E-state index contributed by atoms with van der Waals surface area (Å²) in [5, 5.41) is 0.177. The molecule has 5 rings (SSSR count). The molecule has 0 radical (unpaired) electrons. The van der Waals surface area contributed by atoms with Crippen molar-refractivity contribution in [1.82, 2.24) is 19.1 Å². The molecule has 9 heteroatoms. The molecule has 0 amide bonds. The van der Waals surface area contributed by atoms with Crippen molar-refractivity contribution in [2.24, 2.45) is 7.05 Å². The van der Waals surface area contributed by atoms with Gasteiger partial charge in [-0.2, -0.15) is 13.2 Å². The Hall–Kier alpha value is -3.23. The Morgan fingerprint density at radius 1 is 1.17 bits per heavy atom. The molecule has 5 nitrogen and oxygen atoms in total. The first kappa shape index (κ1) is 17.8. The van der Waals surface area contributed by atoms with Gasteiger partial charge in [-0.1, -0.05) is 0 Å². The number of nitrogens with zero attached hydrogens (tertiary/aromatic N) is 4. The third-order valence-electron chi connectivity index (χ3n) is 5.25. The fourth-order valence-corrected chi connectivity index (χ4v) is 3.78. The van der Waals surface area contributed by atoms with Crippen LogP contribution in [0.25, 0.3) is 27.6 Å². The van der Waals surface area contributed by atoms with Crippen molar-refractivity contribution in [1.29, 1.82) is 0 Å². The summed E-state index contributed by atoms with van der Waals surface area (Å²) in [7, 11) is 1.60. The molecule has 0 bridgehead atoms. The van der Waals surface area contributed by atoms with E-state index in [2.05, 4.69) is 9.97 Å². The predicted molar refractivity (Wildman–Crippen MR) is 98.5 cm³/mol. The number of alkyl halides is 3. The first-order chi connectivity index (χ1) is 13.8. The van der Waals surface area contributed by atoms with Gasteiger partial charge in [0, 0.05) is 24.5 Å². The summed E-state index contributed by atoms with van der Waals surface area (Å²) in [5.41, 5.74) is -0.633. The molecule has 3 heterocycles. The molecule has 1 fully saturated rings. The second-order valence-electron chi connectivity index (χ2n) is 7.22. The van der Waals surface area contributed by atoms with E-state index in [1.54, 1.807) is 25.4 Å². The Labute approximate surface area is 161 Å². The summed E-state index contributed by atoms with van der Waals surface area (Å²) in [6, 6.07) is 4.79. The van der Waals surface area contributed by atoms with Crippen LogP contribution in [0.1, 0.15) is 30.0 Å². The van der Waals surface area contributed by atoms with Crippen LogP contribution in [0.2, 0.25) is 0 Å². The van der Waals surface area contributed by atoms with E-state index in [9.17, 15) is 22.4 Å². The van der Waals surface area contributed by atoms with Crippen LogP contribution in [-0.2, 0) is 13.2 Å². The number of aromatic nitrogens is 4. The van der Waals surface area contributed by atoms with E-state index < -0.39 is 23.1 Å². The Morgan fingerprint density at radius 2 is 1.93 bits per heavy atom. The van der Waals surface area contributed by atoms with Crippen molar-refractivity contribution in [3.8, 4) is 5.69 Å². The van der Waals surface area contributed by atoms with Crippen LogP contribution in [0.5, 0.6) is 0 Å². The van der Waals surface area contributed by atoms with Gasteiger partial charge in [0.1, 0.15) is 5.82 Å². The van der Waals surface area contributed by atoms with E-state index in [-0.39, 0.29) is 27.9 Å². The zero-order valence-corrected chi connectivity index (χ0v) is 15.2. The highest BCUT2D eigenvalue weighted by atomic mass is 19.4. The fourth-order valence-electron chi connectivity index (χ4n) is 3.78. The average molecular weight is 402 g/mol. The molecule has 0 atom stereocenters. The van der Waals surface area contributed by atoms with Gasteiger partial charge in [-0.05, 0) is 37.1 Å². The maximum absolute atomic E-state index is 14.4. The van der Waals surface area contributed by atoms with Crippen molar-refractivity contribution in [2.75, 3.05) is 0 Å². The molecule has 3 aromatic heterocycles. The van der Waals surface area contributed by atoms with Gasteiger partial charge in [0.15, 0.2) is 5.52 Å². The van der Waals surface area contributed by atoms with Gasteiger partial charge in [0.05, 0.1) is 34.3 Å². The first-order valence-electron chi connectivity index (χ1n) is 8.99. The highest BCUT2D eigenvalue weighted by Gasteiger charge is 2.36. The number of hydrogen-bond acceptors (Lipinski definition) is 3. The largest absolute Gasteiger partial charge is 0.419 e. The van der Waals surface area contributed by atoms with Crippen LogP contribution in [0.15, 0.2) is 41.6 Å². The third kappa shape index (κ3) is 2.64. The van der Waals surface area contributed by atoms with E-state index in [1.807, 2.05) is 0 Å². The van der Waals surface area contributed by atoms with Gasteiger partial charge in [-0.3, -0.25) is 14.3 Å². The molecule has 0 spiro atoms. The third-order valence-corrected chi connectivity index (χ3v) is 5.25. The van der Waals surface area contributed by atoms with Crippen LogP contribution in [0, 0.1) is 5.82 Å². The Morgan fingerprint density at radius 3 is 2.62 bits per heavy atom. The predicted octanol–water partition coefficient (Wildman–Crippen LogP) is 4.31. The van der Waals surface area contributed by atoms with Crippen LogP contribution in [0.4, 0.5) is 17.6 Å². The Bertz CT molecular complexity index is 1350. The second kappa shape index (κ2) is 5.88. The summed E-state index contributed by atoms with van der Waals surface area (Å²) >= 11 is 0. The molecular formula is C20H14F4N4O. The second-order valence-corrected chi connectivity index (χ2v) is 7.22. The molecule has 0 aliphatic heterocycles. The van der Waals surface area contributed by atoms with E-state index >= 15 is 0 Å². The quantitative estimate of drug-likeness (QED) is 0.470. The van der Waals surface area contributed by atoms with Gasteiger partial charge in [0.25, 0.3) is 5.56 Å². The molecule has 1 aliphatic rings. The van der Waals surface area contributed by atoms with Crippen molar-refractivity contribution >= 4 is 21.9 Å². The number of pyridine rings is 2. The number of benzene rings is 1. The van der Waals surface area contributed by atoms with Crippen molar-refractivity contribution < 1.29 is 17.6 Å². The van der Waals surface area contributed by atoms with Crippen LogP contribution in [0.3, 0.4) is 0 Å². The number of aryl methyl sites for hydroxylation is 1.